The van der Waals surface area contributed by atoms with Crippen molar-refractivity contribution in [2.75, 3.05) is 19.0 Å². The molecule has 0 bridgehead atoms. The van der Waals surface area contributed by atoms with Gasteiger partial charge in [0.2, 0.25) is 0 Å². The molecule has 124 valence electrons. The lowest BCUT2D eigenvalue weighted by Gasteiger charge is -2.29. The van der Waals surface area contributed by atoms with Gasteiger partial charge in [-0.05, 0) is 12.1 Å². The number of urea groups is 1. The second-order valence-electron chi connectivity index (χ2n) is 4.86. The summed E-state index contributed by atoms with van der Waals surface area (Å²) in [5.74, 6) is 0.717. The number of amides is 2. The molecule has 0 radical (unpaired) electrons. The van der Waals surface area contributed by atoms with Crippen LogP contribution in [0.15, 0.2) is 22.8 Å². The molecule has 2 heterocycles. The minimum absolute atomic E-state index is 0.0354. The van der Waals surface area contributed by atoms with Gasteiger partial charge in [0.1, 0.15) is 24.1 Å². The Labute approximate surface area is 132 Å². The Kier molecular flexibility index (Phi) is 6.04. The highest BCUT2D eigenvalue weighted by atomic mass is 35.5. The zero-order chi connectivity index (χ0) is 16.1. The number of rotatable bonds is 6. The van der Waals surface area contributed by atoms with Crippen molar-refractivity contribution in [1.82, 2.24) is 10.2 Å². The molecule has 1 fully saturated rings. The summed E-state index contributed by atoms with van der Waals surface area (Å²) in [7, 11) is 0. The van der Waals surface area contributed by atoms with Crippen LogP contribution in [0.3, 0.4) is 0 Å². The van der Waals surface area contributed by atoms with Gasteiger partial charge in [0, 0.05) is 12.4 Å². The lowest BCUT2D eigenvalue weighted by atomic mass is 10.1. The molecule has 1 aromatic heterocycles. The van der Waals surface area contributed by atoms with E-state index in [1.165, 1.54) is 11.2 Å². The van der Waals surface area contributed by atoms with E-state index >= 15 is 0 Å². The van der Waals surface area contributed by atoms with E-state index in [0.29, 0.717) is 5.76 Å². The molecule has 0 spiro atoms. The van der Waals surface area contributed by atoms with Gasteiger partial charge in [-0.25, -0.2) is 4.79 Å². The molecule has 22 heavy (non-hydrogen) atoms. The Hall–Kier alpha value is -1.32. The average Bonchev–Trinajstić information content (AvgIpc) is 3.12. The molecule has 0 aromatic carbocycles. The van der Waals surface area contributed by atoms with Crippen LogP contribution in [0.5, 0.6) is 0 Å². The molecule has 1 saturated heterocycles. The molecule has 2 amide bonds. The van der Waals surface area contributed by atoms with Crippen LogP contribution in [0.4, 0.5) is 4.79 Å². The number of carbonyl (C=O) groups is 1. The summed E-state index contributed by atoms with van der Waals surface area (Å²) in [4.78, 5) is 13.4. The van der Waals surface area contributed by atoms with E-state index < -0.39 is 37.2 Å². The van der Waals surface area contributed by atoms with E-state index in [2.05, 4.69) is 5.32 Å². The molecule has 4 atom stereocenters. The van der Waals surface area contributed by atoms with Crippen molar-refractivity contribution in [3.05, 3.63) is 24.2 Å². The summed E-state index contributed by atoms with van der Waals surface area (Å²) in [5, 5.41) is 31.6. The molecule has 0 saturated carbocycles. The van der Waals surface area contributed by atoms with Crippen molar-refractivity contribution in [3.63, 3.8) is 0 Å². The standard InChI is InChI=1S/C13H19ClN2O6/c14-3-4-15-13(20)16(6-8-2-1-5-21-8)12-11(19)10(18)9(7-17)22-12/h1-2,5,9-12,17-19H,3-4,6-7H2,(H,15,20)/t9-,10-,11-,12-/m1/s1. The Morgan fingerprint density at radius 2 is 2.18 bits per heavy atom. The predicted molar refractivity (Wildman–Crippen MR) is 76.1 cm³/mol. The molecular formula is C13H19ClN2O6. The van der Waals surface area contributed by atoms with Gasteiger partial charge in [-0.15, -0.1) is 11.6 Å². The van der Waals surface area contributed by atoms with Crippen molar-refractivity contribution in [3.8, 4) is 0 Å². The first kappa shape index (κ1) is 17.0. The van der Waals surface area contributed by atoms with Crippen molar-refractivity contribution >= 4 is 17.6 Å². The van der Waals surface area contributed by atoms with Crippen LogP contribution in [0.1, 0.15) is 5.76 Å². The van der Waals surface area contributed by atoms with Crippen molar-refractivity contribution < 1.29 is 29.3 Å². The average molecular weight is 335 g/mol. The summed E-state index contributed by atoms with van der Waals surface area (Å²) in [6, 6.07) is 2.82. The van der Waals surface area contributed by atoms with E-state index in [9.17, 15) is 15.0 Å². The first-order chi connectivity index (χ1) is 10.6. The second kappa shape index (κ2) is 7.80. The highest BCUT2D eigenvalue weighted by Crippen LogP contribution is 2.25. The largest absolute Gasteiger partial charge is 0.467 e. The molecule has 1 aliphatic rings. The first-order valence-electron chi connectivity index (χ1n) is 6.83. The summed E-state index contributed by atoms with van der Waals surface area (Å²) >= 11 is 5.54. The predicted octanol–water partition coefficient (Wildman–Crippen LogP) is -0.531. The summed E-state index contributed by atoms with van der Waals surface area (Å²) < 4.78 is 10.6. The number of halogens is 1. The molecule has 4 N–H and O–H groups in total. The van der Waals surface area contributed by atoms with Crippen LogP contribution in [0, 0.1) is 0 Å². The second-order valence-corrected chi connectivity index (χ2v) is 5.23. The molecule has 9 heteroatoms. The Bertz CT molecular complexity index is 471. The number of aliphatic hydroxyl groups is 3. The number of hydrogen-bond donors (Lipinski definition) is 4. The number of alkyl halides is 1. The highest BCUT2D eigenvalue weighted by Gasteiger charge is 2.46. The number of furan rings is 1. The van der Waals surface area contributed by atoms with Gasteiger partial charge in [0.25, 0.3) is 0 Å². The van der Waals surface area contributed by atoms with Crippen LogP contribution < -0.4 is 5.32 Å². The normalized spacial score (nSPS) is 27.8. The number of hydrogen-bond acceptors (Lipinski definition) is 6. The topological polar surface area (TPSA) is 115 Å². The maximum atomic E-state index is 12.2. The molecule has 2 rings (SSSR count). The monoisotopic (exact) mass is 334 g/mol. The maximum absolute atomic E-state index is 12.2. The fourth-order valence-electron chi connectivity index (χ4n) is 2.24. The Morgan fingerprint density at radius 1 is 1.41 bits per heavy atom. The summed E-state index contributed by atoms with van der Waals surface area (Å²) in [6.07, 6.45) is -3.22. The first-order valence-corrected chi connectivity index (χ1v) is 7.37. The highest BCUT2D eigenvalue weighted by molar-refractivity contribution is 6.18. The number of ether oxygens (including phenoxy) is 1. The minimum Gasteiger partial charge on any atom is -0.467 e. The van der Waals surface area contributed by atoms with Crippen LogP contribution in [-0.4, -0.2) is 69.8 Å². The molecule has 0 aliphatic carbocycles. The number of aliphatic hydroxyl groups excluding tert-OH is 3. The van der Waals surface area contributed by atoms with Gasteiger partial charge in [-0.1, -0.05) is 0 Å². The van der Waals surface area contributed by atoms with E-state index in [0.717, 1.165) is 0 Å². The van der Waals surface area contributed by atoms with E-state index in [-0.39, 0.29) is 19.0 Å². The molecule has 0 unspecified atom stereocenters. The van der Waals surface area contributed by atoms with Gasteiger partial charge in [-0.3, -0.25) is 4.90 Å². The lowest BCUT2D eigenvalue weighted by molar-refractivity contribution is -0.0833. The van der Waals surface area contributed by atoms with E-state index in [1.54, 1.807) is 12.1 Å². The van der Waals surface area contributed by atoms with Gasteiger partial charge < -0.3 is 29.8 Å². The van der Waals surface area contributed by atoms with Crippen LogP contribution in [0.25, 0.3) is 0 Å². The Morgan fingerprint density at radius 3 is 2.73 bits per heavy atom. The zero-order valence-electron chi connectivity index (χ0n) is 11.8. The molecule has 1 aliphatic heterocycles. The zero-order valence-corrected chi connectivity index (χ0v) is 12.5. The Balaban J connectivity index is 2.14. The lowest BCUT2D eigenvalue weighted by Crippen LogP contribution is -2.51. The fraction of sp³-hybridized carbons (Fsp3) is 0.615. The smallest absolute Gasteiger partial charge is 0.319 e. The third-order valence-electron chi connectivity index (χ3n) is 3.36. The van der Waals surface area contributed by atoms with Gasteiger partial charge in [0.05, 0.1) is 19.4 Å². The van der Waals surface area contributed by atoms with Crippen LogP contribution in [0.2, 0.25) is 0 Å². The minimum atomic E-state index is -1.34. The van der Waals surface area contributed by atoms with Gasteiger partial charge in [-0.2, -0.15) is 0 Å². The fourth-order valence-corrected chi connectivity index (χ4v) is 2.34. The van der Waals surface area contributed by atoms with Crippen LogP contribution in [-0.2, 0) is 11.3 Å². The molecule has 1 aromatic rings. The third kappa shape index (κ3) is 3.71. The molecular weight excluding hydrogens is 316 g/mol. The van der Waals surface area contributed by atoms with E-state index in [4.69, 9.17) is 25.9 Å². The maximum Gasteiger partial charge on any atom is 0.319 e. The summed E-state index contributed by atoms with van der Waals surface area (Å²) in [5.41, 5.74) is 0. The van der Waals surface area contributed by atoms with Crippen molar-refractivity contribution in [2.24, 2.45) is 0 Å². The number of nitrogens with one attached hydrogen (secondary N) is 1. The van der Waals surface area contributed by atoms with Crippen LogP contribution >= 0.6 is 11.6 Å². The van der Waals surface area contributed by atoms with Gasteiger partial charge >= 0.3 is 6.03 Å². The summed E-state index contributed by atoms with van der Waals surface area (Å²) in [6.45, 7) is -0.190. The van der Waals surface area contributed by atoms with Crippen molar-refractivity contribution in [2.45, 2.75) is 31.1 Å². The SMILES string of the molecule is O=C(NCCCl)N(Cc1ccco1)[C@@H]1O[C@H](CO)[C@@H](O)[C@H]1O. The van der Waals surface area contributed by atoms with E-state index in [1.807, 2.05) is 0 Å². The quantitative estimate of drug-likeness (QED) is 0.520. The van der Waals surface area contributed by atoms with Gasteiger partial charge in [0.15, 0.2) is 6.23 Å². The number of carbonyl (C=O) groups excluding carboxylic acids is 1. The number of nitrogens with zero attached hydrogens (tertiary/aromatic N) is 1. The molecule has 8 nitrogen and oxygen atoms in total. The van der Waals surface area contributed by atoms with Crippen molar-refractivity contribution in [1.29, 1.82) is 0 Å². The third-order valence-corrected chi connectivity index (χ3v) is 3.55.